The van der Waals surface area contributed by atoms with Gasteiger partial charge in [-0.25, -0.2) is 15.0 Å². The Labute approximate surface area is 148 Å². The van der Waals surface area contributed by atoms with Crippen LogP contribution in [0.15, 0.2) is 18.7 Å². The van der Waals surface area contributed by atoms with Gasteiger partial charge in [-0.1, -0.05) is 13.8 Å². The molecule has 24 heavy (non-hydrogen) atoms. The van der Waals surface area contributed by atoms with Gasteiger partial charge in [-0.05, 0) is 23.5 Å². The Morgan fingerprint density at radius 1 is 1.17 bits per heavy atom. The molecule has 124 valence electrons. The molecule has 0 amide bonds. The lowest BCUT2D eigenvalue weighted by atomic mass is 10.1. The van der Waals surface area contributed by atoms with Crippen molar-refractivity contribution >= 4 is 39.0 Å². The van der Waals surface area contributed by atoms with Crippen LogP contribution in [0.4, 0.5) is 16.0 Å². The average molecular weight is 359 g/mol. The molecule has 7 nitrogen and oxygen atoms in total. The predicted octanol–water partition coefficient (Wildman–Crippen LogP) is 3.21. The minimum atomic E-state index is 0.420. The van der Waals surface area contributed by atoms with E-state index < -0.39 is 0 Å². The summed E-state index contributed by atoms with van der Waals surface area (Å²) in [6, 6.07) is 2.09. The van der Waals surface area contributed by atoms with Gasteiger partial charge in [0.25, 0.3) is 0 Å². The molecule has 0 spiro atoms. The molecule has 9 heteroatoms. The second-order valence-electron chi connectivity index (χ2n) is 5.94. The molecule has 0 saturated heterocycles. The molecular weight excluding hydrogens is 342 g/mol. The molecule has 0 aliphatic carbocycles. The molecule has 0 radical (unpaired) electrons. The van der Waals surface area contributed by atoms with E-state index >= 15 is 0 Å². The highest BCUT2D eigenvalue weighted by atomic mass is 32.1. The normalized spacial score (nSPS) is 14.0. The Hall–Kier alpha value is -2.13. The Balaban J connectivity index is 1.61. The number of fused-ring (bicyclic) bond motifs is 1. The van der Waals surface area contributed by atoms with Crippen molar-refractivity contribution in [2.45, 2.75) is 32.7 Å². The summed E-state index contributed by atoms with van der Waals surface area (Å²) >= 11 is 2.88. The van der Waals surface area contributed by atoms with Crippen LogP contribution in [0.25, 0.3) is 0 Å². The van der Waals surface area contributed by atoms with Crippen molar-refractivity contribution in [3.8, 4) is 0 Å². The Kier molecular flexibility index (Phi) is 4.11. The summed E-state index contributed by atoms with van der Waals surface area (Å²) in [5.74, 6) is 1.28. The molecule has 3 aromatic heterocycles. The molecule has 0 aromatic carbocycles. The highest BCUT2D eigenvalue weighted by Gasteiger charge is 2.23. The van der Waals surface area contributed by atoms with Crippen molar-refractivity contribution in [3.05, 3.63) is 35.7 Å². The van der Waals surface area contributed by atoms with Crippen LogP contribution in [-0.4, -0.2) is 30.2 Å². The molecular formula is C15H17N7S2. The quantitative estimate of drug-likeness (QED) is 0.766. The van der Waals surface area contributed by atoms with Gasteiger partial charge in [-0.15, -0.1) is 0 Å². The van der Waals surface area contributed by atoms with Crippen LogP contribution in [-0.2, 0) is 13.0 Å². The monoisotopic (exact) mass is 359 g/mol. The van der Waals surface area contributed by atoms with Gasteiger partial charge in [0.15, 0.2) is 0 Å². The maximum Gasteiger partial charge on any atom is 0.205 e. The van der Waals surface area contributed by atoms with E-state index in [1.807, 2.05) is 0 Å². The fourth-order valence-corrected chi connectivity index (χ4v) is 3.99. The van der Waals surface area contributed by atoms with E-state index in [9.17, 15) is 0 Å². The first-order valence-electron chi connectivity index (χ1n) is 7.78. The molecule has 4 heterocycles. The smallest absolute Gasteiger partial charge is 0.205 e. The standard InChI is InChI=1S/C15H17N7S2/c1-9(2)12-5-13(23-21-12)20-14-10-6-22(15-18-8-19-24-15)4-3-11(10)16-7-17-14/h5,7-9H,3-4,6H2,1-2H3,(H,16,17,20). The summed E-state index contributed by atoms with van der Waals surface area (Å²) < 4.78 is 8.59. The molecule has 0 unspecified atom stereocenters. The summed E-state index contributed by atoms with van der Waals surface area (Å²) in [6.45, 7) is 5.93. The molecule has 1 N–H and O–H groups in total. The fourth-order valence-electron chi connectivity index (χ4n) is 2.66. The SMILES string of the molecule is CC(C)c1cc(Nc2ncnc3c2CN(c2ncns2)CC3)sn1. The molecule has 0 bridgehead atoms. The van der Waals surface area contributed by atoms with Crippen LogP contribution in [0.1, 0.15) is 36.7 Å². The van der Waals surface area contributed by atoms with E-state index in [2.05, 4.69) is 53.8 Å². The summed E-state index contributed by atoms with van der Waals surface area (Å²) in [5.41, 5.74) is 3.32. The third-order valence-electron chi connectivity index (χ3n) is 3.98. The minimum Gasteiger partial charge on any atom is -0.342 e. The molecule has 0 saturated carbocycles. The molecule has 1 aliphatic heterocycles. The Morgan fingerprint density at radius 3 is 2.83 bits per heavy atom. The third-order valence-corrected chi connectivity index (χ3v) is 5.43. The topological polar surface area (TPSA) is 79.7 Å². The van der Waals surface area contributed by atoms with Crippen molar-refractivity contribution in [2.24, 2.45) is 0 Å². The van der Waals surface area contributed by atoms with Gasteiger partial charge in [0.1, 0.15) is 23.5 Å². The van der Waals surface area contributed by atoms with Crippen molar-refractivity contribution < 1.29 is 0 Å². The number of hydrogen-bond donors (Lipinski definition) is 1. The molecule has 0 atom stereocenters. The maximum atomic E-state index is 4.49. The van der Waals surface area contributed by atoms with Gasteiger partial charge in [-0.3, -0.25) is 0 Å². The number of anilines is 3. The first-order chi connectivity index (χ1) is 11.7. The van der Waals surface area contributed by atoms with Crippen molar-refractivity contribution in [3.63, 3.8) is 0 Å². The summed E-state index contributed by atoms with van der Waals surface area (Å²) in [4.78, 5) is 15.4. The number of aromatic nitrogens is 5. The van der Waals surface area contributed by atoms with Crippen LogP contribution in [0, 0.1) is 0 Å². The van der Waals surface area contributed by atoms with Gasteiger partial charge in [0, 0.05) is 30.1 Å². The predicted molar refractivity (Wildman–Crippen MR) is 96.2 cm³/mol. The molecule has 4 rings (SSSR count). The fraction of sp³-hybridized carbons (Fsp3) is 0.400. The van der Waals surface area contributed by atoms with E-state index in [4.69, 9.17) is 0 Å². The lowest BCUT2D eigenvalue weighted by Gasteiger charge is -2.28. The minimum absolute atomic E-state index is 0.420. The van der Waals surface area contributed by atoms with Crippen LogP contribution in [0.3, 0.4) is 0 Å². The largest absolute Gasteiger partial charge is 0.342 e. The number of hydrogen-bond acceptors (Lipinski definition) is 9. The van der Waals surface area contributed by atoms with Gasteiger partial charge in [-0.2, -0.15) is 8.75 Å². The second kappa shape index (κ2) is 6.40. The van der Waals surface area contributed by atoms with Crippen LogP contribution in [0.5, 0.6) is 0 Å². The van der Waals surface area contributed by atoms with E-state index in [1.54, 1.807) is 12.7 Å². The molecule has 1 aliphatic rings. The zero-order chi connectivity index (χ0) is 16.5. The Morgan fingerprint density at radius 2 is 2.08 bits per heavy atom. The highest BCUT2D eigenvalue weighted by molar-refractivity contribution is 7.10. The van der Waals surface area contributed by atoms with Crippen molar-refractivity contribution in [2.75, 3.05) is 16.8 Å². The van der Waals surface area contributed by atoms with Gasteiger partial charge >= 0.3 is 0 Å². The van der Waals surface area contributed by atoms with E-state index in [0.29, 0.717) is 5.92 Å². The highest BCUT2D eigenvalue weighted by Crippen LogP contribution is 2.31. The van der Waals surface area contributed by atoms with Gasteiger partial charge in [0.2, 0.25) is 5.13 Å². The van der Waals surface area contributed by atoms with Gasteiger partial charge in [0.05, 0.1) is 17.9 Å². The van der Waals surface area contributed by atoms with Crippen molar-refractivity contribution in [1.82, 2.24) is 23.7 Å². The number of nitrogens with one attached hydrogen (secondary N) is 1. The second-order valence-corrected chi connectivity index (χ2v) is 7.50. The van der Waals surface area contributed by atoms with Crippen LogP contribution < -0.4 is 10.2 Å². The van der Waals surface area contributed by atoms with E-state index in [-0.39, 0.29) is 0 Å². The lowest BCUT2D eigenvalue weighted by molar-refractivity contribution is 0.705. The number of nitrogens with zero attached hydrogens (tertiary/aromatic N) is 6. The zero-order valence-corrected chi connectivity index (χ0v) is 15.1. The van der Waals surface area contributed by atoms with E-state index in [1.165, 1.54) is 23.1 Å². The van der Waals surface area contributed by atoms with Crippen LogP contribution >= 0.6 is 23.1 Å². The maximum absolute atomic E-state index is 4.49. The van der Waals surface area contributed by atoms with Crippen LogP contribution in [0.2, 0.25) is 0 Å². The third kappa shape index (κ3) is 2.96. The first-order valence-corrected chi connectivity index (χ1v) is 9.33. The molecule has 0 fully saturated rings. The summed E-state index contributed by atoms with van der Waals surface area (Å²) in [7, 11) is 0. The summed E-state index contributed by atoms with van der Waals surface area (Å²) in [6.07, 6.45) is 4.11. The lowest BCUT2D eigenvalue weighted by Crippen LogP contribution is -2.31. The zero-order valence-electron chi connectivity index (χ0n) is 13.4. The Bertz CT molecular complexity index is 828. The summed E-state index contributed by atoms with van der Waals surface area (Å²) in [5, 5.41) is 5.37. The number of rotatable bonds is 4. The van der Waals surface area contributed by atoms with E-state index in [0.717, 1.165) is 52.4 Å². The first kappa shape index (κ1) is 15.4. The molecule has 3 aromatic rings. The van der Waals surface area contributed by atoms with Crippen molar-refractivity contribution in [1.29, 1.82) is 0 Å². The van der Waals surface area contributed by atoms with Gasteiger partial charge < -0.3 is 10.2 Å². The average Bonchev–Trinajstić information content (AvgIpc) is 3.26.